The van der Waals surface area contributed by atoms with Gasteiger partial charge in [0.15, 0.2) is 0 Å². The van der Waals surface area contributed by atoms with Crippen molar-refractivity contribution in [3.8, 4) is 11.1 Å². The van der Waals surface area contributed by atoms with Gasteiger partial charge >= 0.3 is 0 Å². The molecule has 6 nitrogen and oxygen atoms in total. The Morgan fingerprint density at radius 3 is 2.35 bits per heavy atom. The van der Waals surface area contributed by atoms with E-state index >= 15 is 0 Å². The number of sulfonamides is 1. The highest BCUT2D eigenvalue weighted by Crippen LogP contribution is 2.29. The number of amides is 1. The first kappa shape index (κ1) is 18.1. The first-order valence-electron chi connectivity index (χ1n) is 7.50. The molecule has 0 aliphatic rings. The molecule has 8 heteroatoms. The van der Waals surface area contributed by atoms with Gasteiger partial charge in [-0.25, -0.2) is 18.5 Å². The van der Waals surface area contributed by atoms with Gasteiger partial charge in [-0.3, -0.25) is 4.79 Å². The van der Waals surface area contributed by atoms with Gasteiger partial charge in [-0.1, -0.05) is 41.9 Å². The number of pyridine rings is 1. The number of carbonyl (C=O) groups excluding carboxylic acids is 1. The van der Waals surface area contributed by atoms with Crippen LogP contribution in [0.4, 0.5) is 5.69 Å². The molecule has 0 aliphatic carbocycles. The third kappa shape index (κ3) is 3.91. The van der Waals surface area contributed by atoms with Crippen molar-refractivity contribution >= 4 is 33.2 Å². The van der Waals surface area contributed by atoms with E-state index in [1.165, 1.54) is 18.3 Å². The molecule has 0 saturated carbocycles. The largest absolute Gasteiger partial charge is 0.321 e. The van der Waals surface area contributed by atoms with E-state index in [-0.39, 0.29) is 15.6 Å². The lowest BCUT2D eigenvalue weighted by Crippen LogP contribution is -2.13. The van der Waals surface area contributed by atoms with E-state index in [1.54, 1.807) is 36.4 Å². The van der Waals surface area contributed by atoms with Gasteiger partial charge in [0.2, 0.25) is 10.0 Å². The molecule has 132 valence electrons. The smallest absolute Gasteiger partial charge is 0.258 e. The number of carbonyl (C=O) groups is 1. The molecule has 3 N–H and O–H groups in total. The molecule has 3 rings (SSSR count). The van der Waals surface area contributed by atoms with Crippen LogP contribution in [0.1, 0.15) is 10.4 Å². The Morgan fingerprint density at radius 2 is 1.69 bits per heavy atom. The summed E-state index contributed by atoms with van der Waals surface area (Å²) in [5.74, 6) is -0.392. The van der Waals surface area contributed by atoms with Crippen molar-refractivity contribution in [3.63, 3.8) is 0 Å². The average Bonchev–Trinajstić information content (AvgIpc) is 2.62. The van der Waals surface area contributed by atoms with Crippen molar-refractivity contribution in [1.82, 2.24) is 4.98 Å². The first-order valence-corrected chi connectivity index (χ1v) is 9.43. The van der Waals surface area contributed by atoms with Crippen LogP contribution in [0.5, 0.6) is 0 Å². The van der Waals surface area contributed by atoms with Crippen LogP contribution in [0.15, 0.2) is 71.8 Å². The molecule has 0 bridgehead atoms. The number of primary sulfonamides is 1. The zero-order valence-electron chi connectivity index (χ0n) is 13.4. The van der Waals surface area contributed by atoms with Gasteiger partial charge in [-0.05, 0) is 35.9 Å². The number of nitrogens with two attached hydrogens (primary N) is 1. The summed E-state index contributed by atoms with van der Waals surface area (Å²) in [4.78, 5) is 16.4. The molecule has 0 aliphatic heterocycles. The number of aromatic nitrogens is 1. The Bertz CT molecular complexity index is 1070. The van der Waals surface area contributed by atoms with E-state index in [0.29, 0.717) is 5.69 Å². The Hall–Kier alpha value is -2.74. The zero-order valence-corrected chi connectivity index (χ0v) is 15.0. The lowest BCUT2D eigenvalue weighted by atomic mass is 10.0. The monoisotopic (exact) mass is 387 g/mol. The minimum absolute atomic E-state index is 0.0184. The summed E-state index contributed by atoms with van der Waals surface area (Å²) in [7, 11) is -3.76. The van der Waals surface area contributed by atoms with Crippen LogP contribution in [-0.4, -0.2) is 19.3 Å². The predicted molar refractivity (Wildman–Crippen MR) is 100 cm³/mol. The summed E-state index contributed by atoms with van der Waals surface area (Å²) in [5, 5.41) is 8.03. The number of para-hydroxylation sites is 1. The highest BCUT2D eigenvalue weighted by atomic mass is 35.5. The molecule has 0 radical (unpaired) electrons. The van der Waals surface area contributed by atoms with E-state index in [4.69, 9.17) is 16.7 Å². The molecule has 2 aromatic carbocycles. The average molecular weight is 388 g/mol. The van der Waals surface area contributed by atoms with Crippen molar-refractivity contribution in [2.45, 2.75) is 4.90 Å². The number of anilines is 1. The van der Waals surface area contributed by atoms with Crippen LogP contribution in [0.25, 0.3) is 11.1 Å². The Balaban J connectivity index is 1.94. The van der Waals surface area contributed by atoms with Gasteiger partial charge in [0.1, 0.15) is 5.15 Å². The summed E-state index contributed by atoms with van der Waals surface area (Å²) in [6.07, 6.45) is 1.50. The number of nitrogens with zero attached hydrogens (tertiary/aromatic N) is 1. The second kappa shape index (κ2) is 7.25. The Labute approximate surface area is 155 Å². The fraction of sp³-hybridized carbons (Fsp3) is 0. The van der Waals surface area contributed by atoms with Gasteiger partial charge in [0.25, 0.3) is 5.91 Å². The molecule has 0 unspecified atom stereocenters. The predicted octanol–water partition coefficient (Wildman–Crippen LogP) is 3.30. The number of hydrogen-bond donors (Lipinski definition) is 2. The van der Waals surface area contributed by atoms with Crippen LogP contribution in [0.2, 0.25) is 5.15 Å². The summed E-state index contributed by atoms with van der Waals surface area (Å²) in [6.45, 7) is 0. The van der Waals surface area contributed by atoms with Gasteiger partial charge in [0, 0.05) is 17.4 Å². The molecule has 1 amide bonds. The SMILES string of the molecule is NS(=O)(=O)c1ccc(-c2ccccc2NC(=O)c2cccnc2Cl)cc1. The second-order valence-corrected chi connectivity index (χ2v) is 7.33. The molecule has 1 heterocycles. The standard InChI is InChI=1S/C18H14ClN3O3S/c19-17-15(5-3-11-21-17)18(23)22-16-6-2-1-4-14(16)12-7-9-13(10-8-12)26(20,24)25/h1-11H,(H,22,23)(H2,20,24,25). The molecule has 0 spiro atoms. The molecule has 0 saturated heterocycles. The van der Waals surface area contributed by atoms with Crippen LogP contribution in [-0.2, 0) is 10.0 Å². The summed E-state index contributed by atoms with van der Waals surface area (Å²) >= 11 is 5.96. The molecule has 0 atom stereocenters. The van der Waals surface area contributed by atoms with Crippen LogP contribution >= 0.6 is 11.6 Å². The third-order valence-electron chi connectivity index (χ3n) is 3.67. The van der Waals surface area contributed by atoms with E-state index in [0.717, 1.165) is 11.1 Å². The minimum Gasteiger partial charge on any atom is -0.321 e. The third-order valence-corrected chi connectivity index (χ3v) is 4.90. The number of halogens is 1. The fourth-order valence-electron chi connectivity index (χ4n) is 2.41. The lowest BCUT2D eigenvalue weighted by molar-refractivity contribution is 0.102. The van der Waals surface area contributed by atoms with Crippen molar-refractivity contribution in [3.05, 3.63) is 77.6 Å². The van der Waals surface area contributed by atoms with E-state index < -0.39 is 15.9 Å². The molecule has 0 fully saturated rings. The maximum atomic E-state index is 12.5. The number of benzene rings is 2. The van der Waals surface area contributed by atoms with Crippen LogP contribution in [0.3, 0.4) is 0 Å². The van der Waals surface area contributed by atoms with E-state index in [9.17, 15) is 13.2 Å². The summed E-state index contributed by atoms with van der Waals surface area (Å²) in [6, 6.07) is 16.4. The highest BCUT2D eigenvalue weighted by molar-refractivity contribution is 7.89. The van der Waals surface area contributed by atoms with Crippen molar-refractivity contribution in [2.75, 3.05) is 5.32 Å². The molecule has 26 heavy (non-hydrogen) atoms. The maximum absolute atomic E-state index is 12.5. The van der Waals surface area contributed by atoms with Crippen LogP contribution in [0, 0.1) is 0 Å². The van der Waals surface area contributed by atoms with Crippen LogP contribution < -0.4 is 10.5 Å². The highest BCUT2D eigenvalue weighted by Gasteiger charge is 2.14. The first-order chi connectivity index (χ1) is 12.4. The van der Waals surface area contributed by atoms with E-state index in [1.807, 2.05) is 12.1 Å². The fourth-order valence-corrected chi connectivity index (χ4v) is 3.13. The number of hydrogen-bond acceptors (Lipinski definition) is 4. The summed E-state index contributed by atoms with van der Waals surface area (Å²) in [5.41, 5.74) is 2.27. The van der Waals surface area contributed by atoms with Crippen molar-refractivity contribution in [1.29, 1.82) is 0 Å². The zero-order chi connectivity index (χ0) is 18.7. The van der Waals surface area contributed by atoms with Crippen molar-refractivity contribution in [2.24, 2.45) is 5.14 Å². The maximum Gasteiger partial charge on any atom is 0.258 e. The molecule has 3 aromatic rings. The van der Waals surface area contributed by atoms with Gasteiger partial charge in [-0.2, -0.15) is 0 Å². The quantitative estimate of drug-likeness (QED) is 0.670. The second-order valence-electron chi connectivity index (χ2n) is 5.41. The molecule has 1 aromatic heterocycles. The topological polar surface area (TPSA) is 102 Å². The minimum atomic E-state index is -3.76. The van der Waals surface area contributed by atoms with Gasteiger partial charge < -0.3 is 5.32 Å². The van der Waals surface area contributed by atoms with Crippen molar-refractivity contribution < 1.29 is 13.2 Å². The number of nitrogens with one attached hydrogen (secondary N) is 1. The van der Waals surface area contributed by atoms with Gasteiger partial charge in [-0.15, -0.1) is 0 Å². The Morgan fingerprint density at radius 1 is 1.00 bits per heavy atom. The lowest BCUT2D eigenvalue weighted by Gasteiger charge is -2.12. The Kier molecular flexibility index (Phi) is 5.03. The normalized spacial score (nSPS) is 11.2. The van der Waals surface area contributed by atoms with Gasteiger partial charge in [0.05, 0.1) is 10.5 Å². The number of rotatable bonds is 4. The molecular formula is C18H14ClN3O3S. The summed E-state index contributed by atoms with van der Waals surface area (Å²) < 4.78 is 22.8. The molecular weight excluding hydrogens is 374 g/mol. The van der Waals surface area contributed by atoms with E-state index in [2.05, 4.69) is 10.3 Å².